The van der Waals surface area contributed by atoms with Crippen molar-refractivity contribution in [1.82, 2.24) is 14.3 Å². The van der Waals surface area contributed by atoms with Crippen LogP contribution >= 0.6 is 0 Å². The third-order valence-electron chi connectivity index (χ3n) is 2.99. The second-order valence-corrected chi connectivity index (χ2v) is 6.98. The van der Waals surface area contributed by atoms with Crippen LogP contribution in [-0.4, -0.2) is 60.3 Å². The van der Waals surface area contributed by atoms with Crippen LogP contribution in [0.4, 0.5) is 5.95 Å². The van der Waals surface area contributed by atoms with Gasteiger partial charge in [0.05, 0.1) is 18.0 Å². The van der Waals surface area contributed by atoms with Gasteiger partial charge in [0.2, 0.25) is 16.0 Å². The van der Waals surface area contributed by atoms with Crippen LogP contribution in [0.25, 0.3) is 0 Å². The number of nitrogens with one attached hydrogen (secondary N) is 1. The second-order valence-electron chi connectivity index (χ2n) is 4.89. The van der Waals surface area contributed by atoms with Crippen LogP contribution in [0.2, 0.25) is 0 Å². The van der Waals surface area contributed by atoms with E-state index in [-0.39, 0.29) is 24.5 Å². The number of ether oxygens (including phenoxy) is 1. The van der Waals surface area contributed by atoms with E-state index < -0.39 is 10.0 Å². The minimum Gasteiger partial charge on any atom is -0.373 e. The minimum absolute atomic E-state index is 0.0185. The summed E-state index contributed by atoms with van der Waals surface area (Å²) in [5.41, 5.74) is 0. The number of hydrogen-bond acceptors (Lipinski definition) is 6. The molecule has 0 aromatic carbocycles. The predicted octanol–water partition coefficient (Wildman–Crippen LogP) is 0.328. The summed E-state index contributed by atoms with van der Waals surface area (Å²) in [7, 11) is -3.28. The van der Waals surface area contributed by atoms with Crippen molar-refractivity contribution in [3.05, 3.63) is 18.5 Å². The molecule has 1 saturated heterocycles. The first-order chi connectivity index (χ1) is 9.47. The van der Waals surface area contributed by atoms with Gasteiger partial charge in [-0.1, -0.05) is 0 Å². The summed E-state index contributed by atoms with van der Waals surface area (Å²) >= 11 is 0. The molecule has 0 bridgehead atoms. The summed E-state index contributed by atoms with van der Waals surface area (Å²) in [5.74, 6) is 0.455. The molecule has 1 N–H and O–H groups in total. The van der Waals surface area contributed by atoms with Crippen LogP contribution in [-0.2, 0) is 14.8 Å². The van der Waals surface area contributed by atoms with E-state index in [1.807, 2.05) is 13.8 Å². The Morgan fingerprint density at radius 1 is 1.30 bits per heavy atom. The Balaban J connectivity index is 1.87. The molecule has 0 saturated carbocycles. The van der Waals surface area contributed by atoms with Gasteiger partial charge >= 0.3 is 0 Å². The van der Waals surface area contributed by atoms with Crippen molar-refractivity contribution in [2.45, 2.75) is 26.1 Å². The van der Waals surface area contributed by atoms with E-state index in [1.54, 1.807) is 18.5 Å². The molecule has 0 radical (unpaired) electrons. The quantitative estimate of drug-likeness (QED) is 0.843. The van der Waals surface area contributed by atoms with Crippen molar-refractivity contribution in [3.8, 4) is 0 Å². The summed E-state index contributed by atoms with van der Waals surface area (Å²) in [4.78, 5) is 7.97. The molecule has 0 amide bonds. The molecule has 1 aliphatic rings. The largest absolute Gasteiger partial charge is 0.373 e. The monoisotopic (exact) mass is 300 g/mol. The molecule has 2 atom stereocenters. The average molecular weight is 300 g/mol. The molecule has 2 heterocycles. The standard InChI is InChI=1S/C12H20N4O3S/c1-10-8-16(9-11(2)19-10)20(17,18)7-6-15-12-13-4-3-5-14-12/h3-5,10-11H,6-9H2,1-2H3,(H,13,14,15)/t10-,11-/m1/s1. The smallest absolute Gasteiger partial charge is 0.222 e. The lowest BCUT2D eigenvalue weighted by atomic mass is 10.3. The van der Waals surface area contributed by atoms with Gasteiger partial charge in [0.1, 0.15) is 0 Å². The fourth-order valence-corrected chi connectivity index (χ4v) is 3.66. The molecule has 1 aromatic heterocycles. The van der Waals surface area contributed by atoms with Crippen LogP contribution in [0.5, 0.6) is 0 Å². The van der Waals surface area contributed by atoms with Crippen molar-refractivity contribution in [2.24, 2.45) is 0 Å². The maximum atomic E-state index is 12.3. The van der Waals surface area contributed by atoms with Crippen LogP contribution in [0.1, 0.15) is 13.8 Å². The van der Waals surface area contributed by atoms with Crippen molar-refractivity contribution in [1.29, 1.82) is 0 Å². The van der Waals surface area contributed by atoms with Gasteiger partial charge in [0.15, 0.2) is 0 Å². The van der Waals surface area contributed by atoms with Gasteiger partial charge in [0.25, 0.3) is 0 Å². The Morgan fingerprint density at radius 3 is 2.50 bits per heavy atom. The van der Waals surface area contributed by atoms with Crippen LogP contribution in [0.3, 0.4) is 0 Å². The summed E-state index contributed by atoms with van der Waals surface area (Å²) in [6.07, 6.45) is 3.07. The highest BCUT2D eigenvalue weighted by molar-refractivity contribution is 7.89. The van der Waals surface area contributed by atoms with Gasteiger partial charge in [-0.25, -0.2) is 18.4 Å². The number of hydrogen-bond donors (Lipinski definition) is 1. The van der Waals surface area contributed by atoms with Crippen molar-refractivity contribution in [2.75, 3.05) is 30.7 Å². The molecule has 20 heavy (non-hydrogen) atoms. The Hall–Kier alpha value is -1.25. The number of anilines is 1. The zero-order chi connectivity index (χ0) is 14.6. The molecular formula is C12H20N4O3S. The van der Waals surface area contributed by atoms with Crippen molar-refractivity contribution >= 4 is 16.0 Å². The second kappa shape index (κ2) is 6.47. The number of aromatic nitrogens is 2. The van der Waals surface area contributed by atoms with E-state index in [0.717, 1.165) is 0 Å². The fraction of sp³-hybridized carbons (Fsp3) is 0.667. The molecule has 8 heteroatoms. The van der Waals surface area contributed by atoms with Gasteiger partial charge in [-0.05, 0) is 19.9 Å². The number of morpholine rings is 1. The van der Waals surface area contributed by atoms with E-state index in [9.17, 15) is 8.42 Å². The van der Waals surface area contributed by atoms with Gasteiger partial charge in [-0.3, -0.25) is 0 Å². The van der Waals surface area contributed by atoms with Crippen LogP contribution < -0.4 is 5.32 Å². The van der Waals surface area contributed by atoms with Crippen LogP contribution in [0, 0.1) is 0 Å². The molecule has 1 fully saturated rings. The Bertz CT molecular complexity index is 513. The summed E-state index contributed by atoms with van der Waals surface area (Å²) in [5, 5.41) is 2.90. The first-order valence-electron chi connectivity index (χ1n) is 6.61. The summed E-state index contributed by atoms with van der Waals surface area (Å²) < 4.78 is 31.6. The Kier molecular flexibility index (Phi) is 4.90. The first-order valence-corrected chi connectivity index (χ1v) is 8.22. The summed E-state index contributed by atoms with van der Waals surface area (Å²) in [6, 6.07) is 1.71. The zero-order valence-corrected chi connectivity index (χ0v) is 12.5. The first kappa shape index (κ1) is 15.1. The molecule has 1 aliphatic heterocycles. The molecule has 2 rings (SSSR count). The van der Waals surface area contributed by atoms with E-state index in [0.29, 0.717) is 19.0 Å². The molecule has 1 aromatic rings. The average Bonchev–Trinajstić information content (AvgIpc) is 2.38. The molecular weight excluding hydrogens is 280 g/mol. The minimum atomic E-state index is -3.28. The van der Waals surface area contributed by atoms with E-state index in [4.69, 9.17) is 4.74 Å². The van der Waals surface area contributed by atoms with E-state index in [1.165, 1.54) is 4.31 Å². The van der Waals surface area contributed by atoms with Crippen molar-refractivity contribution < 1.29 is 13.2 Å². The van der Waals surface area contributed by atoms with E-state index in [2.05, 4.69) is 15.3 Å². The van der Waals surface area contributed by atoms with E-state index >= 15 is 0 Å². The lowest BCUT2D eigenvalue weighted by Crippen LogP contribution is -2.49. The lowest BCUT2D eigenvalue weighted by Gasteiger charge is -2.34. The Morgan fingerprint density at radius 2 is 1.90 bits per heavy atom. The molecule has 0 aliphatic carbocycles. The number of nitrogens with zero attached hydrogens (tertiary/aromatic N) is 3. The summed E-state index contributed by atoms with van der Waals surface area (Å²) in [6.45, 7) is 4.87. The molecule has 0 unspecified atom stereocenters. The lowest BCUT2D eigenvalue weighted by molar-refractivity contribution is -0.0440. The number of rotatable bonds is 5. The van der Waals surface area contributed by atoms with Gasteiger partial charge in [-0.15, -0.1) is 0 Å². The topological polar surface area (TPSA) is 84.4 Å². The maximum Gasteiger partial charge on any atom is 0.222 e. The van der Waals surface area contributed by atoms with Crippen molar-refractivity contribution in [3.63, 3.8) is 0 Å². The molecule has 112 valence electrons. The molecule has 7 nitrogen and oxygen atoms in total. The molecule has 0 spiro atoms. The maximum absolute atomic E-state index is 12.3. The van der Waals surface area contributed by atoms with Gasteiger partial charge < -0.3 is 10.1 Å². The van der Waals surface area contributed by atoms with Crippen LogP contribution in [0.15, 0.2) is 18.5 Å². The van der Waals surface area contributed by atoms with Gasteiger partial charge in [-0.2, -0.15) is 4.31 Å². The highest BCUT2D eigenvalue weighted by atomic mass is 32.2. The van der Waals surface area contributed by atoms with Gasteiger partial charge in [0, 0.05) is 32.0 Å². The highest BCUT2D eigenvalue weighted by Gasteiger charge is 2.30. The number of sulfonamides is 1. The predicted molar refractivity (Wildman–Crippen MR) is 75.9 cm³/mol. The third-order valence-corrected chi connectivity index (χ3v) is 4.79. The highest BCUT2D eigenvalue weighted by Crippen LogP contribution is 2.14. The Labute approximate surface area is 119 Å². The zero-order valence-electron chi connectivity index (χ0n) is 11.7. The SMILES string of the molecule is C[C@@H]1CN(S(=O)(=O)CCNc2ncccn2)C[C@@H](C)O1. The normalized spacial score (nSPS) is 24.5. The third kappa shape index (κ3) is 4.12. The fourth-order valence-electron chi connectivity index (χ4n) is 2.17.